The van der Waals surface area contributed by atoms with Crippen LogP contribution in [0.3, 0.4) is 0 Å². The number of ether oxygens (including phenoxy) is 1. The van der Waals surface area contributed by atoms with Gasteiger partial charge in [-0.1, -0.05) is 26.0 Å². The number of hydrogen-bond acceptors (Lipinski definition) is 3. The van der Waals surface area contributed by atoms with Crippen LogP contribution in [-0.4, -0.2) is 18.6 Å². The van der Waals surface area contributed by atoms with Crippen LogP contribution in [0.5, 0.6) is 5.75 Å². The van der Waals surface area contributed by atoms with Crippen LogP contribution in [0.15, 0.2) is 24.3 Å². The molecule has 0 aliphatic heterocycles. The molecule has 0 fully saturated rings. The highest BCUT2D eigenvalue weighted by Crippen LogP contribution is 2.20. The fourth-order valence-corrected chi connectivity index (χ4v) is 1.28. The molecule has 94 valence electrons. The van der Waals surface area contributed by atoms with Gasteiger partial charge >= 0.3 is 0 Å². The third kappa shape index (κ3) is 4.34. The lowest BCUT2D eigenvalue weighted by Gasteiger charge is -2.16. The largest absolute Gasteiger partial charge is 0.479 e. The van der Waals surface area contributed by atoms with E-state index in [-0.39, 0.29) is 5.91 Å². The third-order valence-electron chi connectivity index (χ3n) is 2.28. The number of hydrogen-bond donors (Lipinski definition) is 2. The van der Waals surface area contributed by atoms with Crippen LogP contribution in [0.2, 0.25) is 0 Å². The minimum atomic E-state index is -0.543. The summed E-state index contributed by atoms with van der Waals surface area (Å²) in [6.45, 7) is 6.45. The van der Waals surface area contributed by atoms with Gasteiger partial charge in [-0.25, -0.2) is 0 Å². The lowest BCUT2D eigenvalue weighted by atomic mass is 10.2. The number of carbonyl (C=O) groups is 1. The molecule has 0 saturated carbocycles. The SMILES string of the molecule is CC(C)CNC(=O)C(C)Oc1ccccc1N. The van der Waals surface area contributed by atoms with Gasteiger partial charge in [0.1, 0.15) is 5.75 Å². The highest BCUT2D eigenvalue weighted by Gasteiger charge is 2.15. The maximum atomic E-state index is 11.7. The van der Waals surface area contributed by atoms with Crippen molar-refractivity contribution in [3.05, 3.63) is 24.3 Å². The summed E-state index contributed by atoms with van der Waals surface area (Å²) in [5.41, 5.74) is 6.27. The van der Waals surface area contributed by atoms with Gasteiger partial charge in [-0.05, 0) is 25.0 Å². The van der Waals surface area contributed by atoms with E-state index in [2.05, 4.69) is 5.32 Å². The van der Waals surface area contributed by atoms with Crippen molar-refractivity contribution < 1.29 is 9.53 Å². The molecule has 0 radical (unpaired) electrons. The van der Waals surface area contributed by atoms with Crippen molar-refractivity contribution >= 4 is 11.6 Å². The molecule has 1 aromatic carbocycles. The number of nitrogens with one attached hydrogen (secondary N) is 1. The second-order valence-electron chi connectivity index (χ2n) is 4.44. The summed E-state index contributed by atoms with van der Waals surface area (Å²) >= 11 is 0. The number of benzene rings is 1. The molecule has 1 atom stereocenters. The summed E-state index contributed by atoms with van der Waals surface area (Å²) < 4.78 is 5.50. The zero-order chi connectivity index (χ0) is 12.8. The average molecular weight is 236 g/mol. The van der Waals surface area contributed by atoms with Crippen molar-refractivity contribution in [2.45, 2.75) is 26.9 Å². The van der Waals surface area contributed by atoms with Gasteiger partial charge in [0.2, 0.25) is 0 Å². The Labute approximate surface area is 102 Å². The second-order valence-corrected chi connectivity index (χ2v) is 4.44. The van der Waals surface area contributed by atoms with Crippen LogP contribution in [0, 0.1) is 5.92 Å². The highest BCUT2D eigenvalue weighted by atomic mass is 16.5. The van der Waals surface area contributed by atoms with Crippen LogP contribution >= 0.6 is 0 Å². The van der Waals surface area contributed by atoms with Crippen molar-refractivity contribution in [2.75, 3.05) is 12.3 Å². The normalized spacial score (nSPS) is 12.2. The number of anilines is 1. The van der Waals surface area contributed by atoms with E-state index in [4.69, 9.17) is 10.5 Å². The van der Waals surface area contributed by atoms with E-state index in [9.17, 15) is 4.79 Å². The number of para-hydroxylation sites is 2. The maximum Gasteiger partial charge on any atom is 0.260 e. The van der Waals surface area contributed by atoms with Gasteiger partial charge in [-0.3, -0.25) is 4.79 Å². The predicted molar refractivity (Wildman–Crippen MR) is 68.8 cm³/mol. The quantitative estimate of drug-likeness (QED) is 0.766. The van der Waals surface area contributed by atoms with E-state index >= 15 is 0 Å². The monoisotopic (exact) mass is 236 g/mol. The van der Waals surface area contributed by atoms with Gasteiger partial charge in [0, 0.05) is 6.54 Å². The van der Waals surface area contributed by atoms with Crippen LogP contribution in [0.25, 0.3) is 0 Å². The Bertz CT molecular complexity index is 377. The van der Waals surface area contributed by atoms with Gasteiger partial charge in [-0.2, -0.15) is 0 Å². The molecule has 0 aromatic heterocycles. The minimum Gasteiger partial charge on any atom is -0.479 e. The van der Waals surface area contributed by atoms with E-state index in [0.29, 0.717) is 23.9 Å². The van der Waals surface area contributed by atoms with Gasteiger partial charge in [0.25, 0.3) is 5.91 Å². The Morgan fingerprint density at radius 3 is 2.59 bits per heavy atom. The topological polar surface area (TPSA) is 64.3 Å². The number of amides is 1. The highest BCUT2D eigenvalue weighted by molar-refractivity contribution is 5.80. The van der Waals surface area contributed by atoms with Crippen LogP contribution in [0.1, 0.15) is 20.8 Å². The van der Waals surface area contributed by atoms with Crippen molar-refractivity contribution in [1.82, 2.24) is 5.32 Å². The summed E-state index contributed by atoms with van der Waals surface area (Å²) in [7, 11) is 0. The van der Waals surface area contributed by atoms with Gasteiger partial charge in [-0.15, -0.1) is 0 Å². The first-order valence-corrected chi connectivity index (χ1v) is 5.79. The first-order chi connectivity index (χ1) is 8.00. The summed E-state index contributed by atoms with van der Waals surface area (Å²) in [5, 5.41) is 2.82. The Morgan fingerprint density at radius 2 is 2.00 bits per heavy atom. The molecule has 1 rings (SSSR count). The van der Waals surface area contributed by atoms with Crippen LogP contribution < -0.4 is 15.8 Å². The fraction of sp³-hybridized carbons (Fsp3) is 0.462. The molecule has 0 aliphatic rings. The van der Waals surface area contributed by atoms with E-state index in [1.165, 1.54) is 0 Å². The number of nitrogen functional groups attached to an aromatic ring is 1. The molecule has 1 unspecified atom stereocenters. The standard InChI is InChI=1S/C13H20N2O2/c1-9(2)8-15-13(16)10(3)17-12-7-5-4-6-11(12)14/h4-7,9-10H,8,14H2,1-3H3,(H,15,16). The van der Waals surface area contributed by atoms with Crippen LogP contribution in [0.4, 0.5) is 5.69 Å². The first-order valence-electron chi connectivity index (χ1n) is 5.79. The summed E-state index contributed by atoms with van der Waals surface area (Å²) in [6, 6.07) is 7.14. The molecule has 0 saturated heterocycles. The Balaban J connectivity index is 2.51. The number of nitrogens with two attached hydrogens (primary N) is 1. The van der Waals surface area contributed by atoms with Crippen molar-refractivity contribution in [3.63, 3.8) is 0 Å². The molecule has 1 aromatic rings. The summed E-state index contributed by atoms with van der Waals surface area (Å²) in [5.74, 6) is 0.842. The molecular weight excluding hydrogens is 216 g/mol. The third-order valence-corrected chi connectivity index (χ3v) is 2.28. The van der Waals surface area contributed by atoms with E-state index in [1.54, 1.807) is 19.1 Å². The van der Waals surface area contributed by atoms with Crippen LogP contribution in [-0.2, 0) is 4.79 Å². The summed E-state index contributed by atoms with van der Waals surface area (Å²) in [4.78, 5) is 11.7. The van der Waals surface area contributed by atoms with E-state index < -0.39 is 6.10 Å². The molecule has 17 heavy (non-hydrogen) atoms. The van der Waals surface area contributed by atoms with E-state index in [0.717, 1.165) is 0 Å². The minimum absolute atomic E-state index is 0.123. The Kier molecular flexibility index (Phi) is 4.82. The molecule has 4 nitrogen and oxygen atoms in total. The van der Waals surface area contributed by atoms with Crippen molar-refractivity contribution in [1.29, 1.82) is 0 Å². The van der Waals surface area contributed by atoms with E-state index in [1.807, 2.05) is 26.0 Å². The first kappa shape index (κ1) is 13.4. The fourth-order valence-electron chi connectivity index (χ4n) is 1.28. The summed E-state index contributed by atoms with van der Waals surface area (Å²) in [6.07, 6.45) is -0.543. The van der Waals surface area contributed by atoms with Gasteiger partial charge < -0.3 is 15.8 Å². The molecule has 4 heteroatoms. The predicted octanol–water partition coefficient (Wildman–Crippen LogP) is 1.81. The smallest absolute Gasteiger partial charge is 0.260 e. The second kappa shape index (κ2) is 6.13. The molecule has 3 N–H and O–H groups in total. The average Bonchev–Trinajstić information content (AvgIpc) is 2.28. The number of carbonyl (C=O) groups excluding carboxylic acids is 1. The molecule has 0 heterocycles. The van der Waals surface area contributed by atoms with Gasteiger partial charge in [0.15, 0.2) is 6.10 Å². The lowest BCUT2D eigenvalue weighted by molar-refractivity contribution is -0.127. The molecule has 0 aliphatic carbocycles. The molecule has 1 amide bonds. The molecule has 0 spiro atoms. The molecular formula is C13H20N2O2. The maximum absolute atomic E-state index is 11.7. The number of rotatable bonds is 5. The Morgan fingerprint density at radius 1 is 1.35 bits per heavy atom. The zero-order valence-electron chi connectivity index (χ0n) is 10.6. The van der Waals surface area contributed by atoms with Gasteiger partial charge in [0.05, 0.1) is 5.69 Å². The molecule has 0 bridgehead atoms. The zero-order valence-corrected chi connectivity index (χ0v) is 10.6. The van der Waals surface area contributed by atoms with Crippen molar-refractivity contribution in [3.8, 4) is 5.75 Å². The van der Waals surface area contributed by atoms with Crippen molar-refractivity contribution in [2.24, 2.45) is 5.92 Å². The Hall–Kier alpha value is -1.71. The lowest BCUT2D eigenvalue weighted by Crippen LogP contribution is -2.38.